The van der Waals surface area contributed by atoms with Crippen LogP contribution in [0.1, 0.15) is 5.56 Å². The van der Waals surface area contributed by atoms with Crippen molar-refractivity contribution in [3.05, 3.63) is 72.8 Å². The summed E-state index contributed by atoms with van der Waals surface area (Å²) in [6.45, 7) is 4.64. The van der Waals surface area contributed by atoms with Gasteiger partial charge in [0.1, 0.15) is 5.82 Å². The molecule has 2 aromatic heterocycles. The highest BCUT2D eigenvalue weighted by molar-refractivity contribution is 7.99. The van der Waals surface area contributed by atoms with Crippen molar-refractivity contribution in [3.8, 4) is 11.4 Å². The first kappa shape index (κ1) is 18.8. The van der Waals surface area contributed by atoms with Crippen LogP contribution in [0.3, 0.4) is 0 Å². The van der Waals surface area contributed by atoms with Gasteiger partial charge >= 0.3 is 0 Å². The number of amides is 1. The van der Waals surface area contributed by atoms with E-state index >= 15 is 0 Å². The summed E-state index contributed by atoms with van der Waals surface area (Å²) < 4.78 is 14.8. The lowest BCUT2D eigenvalue weighted by Crippen LogP contribution is -2.24. The number of nitrogens with zero attached hydrogens (tertiary/aromatic N) is 4. The molecule has 0 saturated carbocycles. The van der Waals surface area contributed by atoms with Gasteiger partial charge < -0.3 is 5.32 Å². The molecule has 0 bridgehead atoms. The molecule has 0 unspecified atom stereocenters. The van der Waals surface area contributed by atoms with Gasteiger partial charge in [0.15, 0.2) is 11.0 Å². The minimum Gasteiger partial charge on any atom is -0.351 e. The molecule has 1 N–H and O–H groups in total. The standard InChI is InChI=1S/C19H18FN5OS/c1-2-10-25-18(15-4-3-9-21-12-15)23-24-19(25)27-13-17(26)22-11-14-5-7-16(20)8-6-14/h2-9,12H,1,10-11,13H2,(H,22,26). The van der Waals surface area contributed by atoms with Gasteiger partial charge in [-0.3, -0.25) is 14.3 Å². The predicted octanol–water partition coefficient (Wildman–Crippen LogP) is 3.07. The molecule has 0 spiro atoms. The minimum absolute atomic E-state index is 0.139. The summed E-state index contributed by atoms with van der Waals surface area (Å²) in [4.78, 5) is 16.2. The molecule has 8 heteroatoms. The number of hydrogen-bond acceptors (Lipinski definition) is 5. The molecule has 3 aromatic rings. The molecule has 0 aliphatic rings. The molecule has 1 amide bonds. The maximum atomic E-state index is 12.9. The Bertz CT molecular complexity index is 912. The fourth-order valence-corrected chi connectivity index (χ4v) is 3.16. The van der Waals surface area contributed by atoms with Crippen LogP contribution in [-0.2, 0) is 17.9 Å². The van der Waals surface area contributed by atoms with Gasteiger partial charge in [0.2, 0.25) is 5.91 Å². The van der Waals surface area contributed by atoms with Crippen LogP contribution in [0, 0.1) is 5.82 Å². The quantitative estimate of drug-likeness (QED) is 0.478. The predicted molar refractivity (Wildman–Crippen MR) is 102 cm³/mol. The van der Waals surface area contributed by atoms with E-state index < -0.39 is 0 Å². The van der Waals surface area contributed by atoms with Crippen LogP contribution < -0.4 is 5.32 Å². The van der Waals surface area contributed by atoms with Crippen LogP contribution in [-0.4, -0.2) is 31.4 Å². The zero-order valence-electron chi connectivity index (χ0n) is 14.5. The highest BCUT2D eigenvalue weighted by Gasteiger charge is 2.15. The van der Waals surface area contributed by atoms with E-state index in [0.29, 0.717) is 24.1 Å². The summed E-state index contributed by atoms with van der Waals surface area (Å²) in [5, 5.41) is 11.9. The van der Waals surface area contributed by atoms with E-state index in [2.05, 4.69) is 27.1 Å². The van der Waals surface area contributed by atoms with Crippen LogP contribution in [0.25, 0.3) is 11.4 Å². The van der Waals surface area contributed by atoms with Gasteiger partial charge in [-0.25, -0.2) is 4.39 Å². The second-order valence-corrected chi connectivity index (χ2v) is 6.58. The van der Waals surface area contributed by atoms with E-state index in [0.717, 1.165) is 11.1 Å². The van der Waals surface area contributed by atoms with E-state index in [-0.39, 0.29) is 17.5 Å². The van der Waals surface area contributed by atoms with Gasteiger partial charge in [-0.15, -0.1) is 16.8 Å². The SMILES string of the molecule is C=CCn1c(SCC(=O)NCc2ccc(F)cc2)nnc1-c1cccnc1. The van der Waals surface area contributed by atoms with E-state index in [1.54, 1.807) is 30.6 Å². The first-order valence-electron chi connectivity index (χ1n) is 8.26. The fraction of sp³-hybridized carbons (Fsp3) is 0.158. The monoisotopic (exact) mass is 383 g/mol. The number of carbonyl (C=O) groups excluding carboxylic acids is 1. The Hall–Kier alpha value is -3.00. The number of nitrogens with one attached hydrogen (secondary N) is 1. The number of pyridine rings is 1. The summed E-state index contributed by atoms with van der Waals surface area (Å²) in [5.41, 5.74) is 1.68. The van der Waals surface area contributed by atoms with Crippen LogP contribution in [0.2, 0.25) is 0 Å². The molecule has 0 aliphatic heterocycles. The van der Waals surface area contributed by atoms with Gasteiger partial charge in [0.05, 0.1) is 5.75 Å². The van der Waals surface area contributed by atoms with E-state index in [9.17, 15) is 9.18 Å². The van der Waals surface area contributed by atoms with Gasteiger partial charge in [0.25, 0.3) is 0 Å². The highest BCUT2D eigenvalue weighted by atomic mass is 32.2. The van der Waals surface area contributed by atoms with Crippen LogP contribution in [0.15, 0.2) is 66.6 Å². The second kappa shape index (κ2) is 9.09. The zero-order valence-corrected chi connectivity index (χ0v) is 15.3. The lowest BCUT2D eigenvalue weighted by Gasteiger charge is -2.08. The molecule has 0 aliphatic carbocycles. The Kier molecular flexibility index (Phi) is 6.32. The van der Waals surface area contributed by atoms with E-state index in [4.69, 9.17) is 0 Å². The third kappa shape index (κ3) is 5.01. The normalized spacial score (nSPS) is 10.6. The number of halogens is 1. The first-order valence-corrected chi connectivity index (χ1v) is 9.24. The maximum Gasteiger partial charge on any atom is 0.230 e. The maximum absolute atomic E-state index is 12.9. The van der Waals surface area contributed by atoms with Gasteiger partial charge in [0, 0.05) is 31.0 Å². The van der Waals surface area contributed by atoms with Crippen molar-refractivity contribution in [1.29, 1.82) is 0 Å². The lowest BCUT2D eigenvalue weighted by atomic mass is 10.2. The van der Waals surface area contributed by atoms with Crippen LogP contribution in [0.5, 0.6) is 0 Å². The van der Waals surface area contributed by atoms with E-state index in [1.807, 2.05) is 16.7 Å². The summed E-state index contributed by atoms with van der Waals surface area (Å²) >= 11 is 1.30. The number of carbonyl (C=O) groups is 1. The topological polar surface area (TPSA) is 72.7 Å². The van der Waals surface area contributed by atoms with Crippen molar-refractivity contribution in [1.82, 2.24) is 25.1 Å². The average molecular weight is 383 g/mol. The van der Waals surface area contributed by atoms with E-state index in [1.165, 1.54) is 23.9 Å². The molecule has 0 fully saturated rings. The second-order valence-electron chi connectivity index (χ2n) is 5.64. The Labute approximate surface area is 160 Å². The molecular formula is C19H18FN5OS. The van der Waals surface area contributed by atoms with Crippen molar-refractivity contribution in [2.24, 2.45) is 0 Å². The number of aromatic nitrogens is 4. The van der Waals surface area contributed by atoms with Crippen molar-refractivity contribution < 1.29 is 9.18 Å². The molecule has 1 aromatic carbocycles. The summed E-state index contributed by atoms with van der Waals surface area (Å²) in [5.74, 6) is 0.438. The molecule has 138 valence electrons. The molecular weight excluding hydrogens is 365 g/mol. The zero-order chi connectivity index (χ0) is 19.1. The number of allylic oxidation sites excluding steroid dienone is 1. The Balaban J connectivity index is 1.61. The van der Waals surface area contributed by atoms with Gasteiger partial charge in [-0.05, 0) is 29.8 Å². The first-order chi connectivity index (χ1) is 13.2. The third-order valence-corrected chi connectivity index (χ3v) is 4.65. The van der Waals surface area contributed by atoms with Crippen molar-refractivity contribution >= 4 is 17.7 Å². The smallest absolute Gasteiger partial charge is 0.230 e. The molecule has 3 rings (SSSR count). The molecule has 0 atom stereocenters. The van der Waals surface area contributed by atoms with Crippen molar-refractivity contribution in [3.63, 3.8) is 0 Å². The van der Waals surface area contributed by atoms with Crippen LogP contribution in [0.4, 0.5) is 4.39 Å². The van der Waals surface area contributed by atoms with Crippen LogP contribution >= 0.6 is 11.8 Å². The largest absolute Gasteiger partial charge is 0.351 e. The molecule has 0 radical (unpaired) electrons. The van der Waals surface area contributed by atoms with Gasteiger partial charge in [-0.2, -0.15) is 0 Å². The fourth-order valence-electron chi connectivity index (χ4n) is 2.38. The Morgan fingerprint density at radius 2 is 2.07 bits per heavy atom. The molecule has 0 saturated heterocycles. The number of rotatable bonds is 8. The lowest BCUT2D eigenvalue weighted by molar-refractivity contribution is -0.118. The Morgan fingerprint density at radius 1 is 1.26 bits per heavy atom. The molecule has 6 nitrogen and oxygen atoms in total. The number of thioether (sulfide) groups is 1. The Morgan fingerprint density at radius 3 is 2.78 bits per heavy atom. The number of hydrogen-bond donors (Lipinski definition) is 1. The summed E-state index contributed by atoms with van der Waals surface area (Å²) in [7, 11) is 0. The van der Waals surface area contributed by atoms with Crippen molar-refractivity contribution in [2.45, 2.75) is 18.2 Å². The number of benzene rings is 1. The summed E-state index contributed by atoms with van der Waals surface area (Å²) in [6, 6.07) is 9.76. The molecule has 2 heterocycles. The van der Waals surface area contributed by atoms with Crippen molar-refractivity contribution in [2.75, 3.05) is 5.75 Å². The molecule has 27 heavy (non-hydrogen) atoms. The van der Waals surface area contributed by atoms with Gasteiger partial charge in [-0.1, -0.05) is 30.0 Å². The third-order valence-electron chi connectivity index (χ3n) is 3.68. The average Bonchev–Trinajstić information content (AvgIpc) is 3.09. The summed E-state index contributed by atoms with van der Waals surface area (Å²) in [6.07, 6.45) is 5.16. The highest BCUT2D eigenvalue weighted by Crippen LogP contribution is 2.23. The minimum atomic E-state index is -0.299.